The van der Waals surface area contributed by atoms with Gasteiger partial charge in [0.2, 0.25) is 0 Å². The molecule has 22 heavy (non-hydrogen) atoms. The fourth-order valence-corrected chi connectivity index (χ4v) is 2.09. The van der Waals surface area contributed by atoms with Crippen LogP contribution in [-0.2, 0) is 11.3 Å². The number of hydrogen-bond acceptors (Lipinski definition) is 5. The first kappa shape index (κ1) is 15.7. The number of para-hydroxylation sites is 2. The van der Waals surface area contributed by atoms with Gasteiger partial charge in [-0.1, -0.05) is 24.3 Å². The SMILES string of the molecule is COc1ccccc1COC(=O)c1cccc(OC)c1OC. The molecule has 0 aliphatic carbocycles. The molecule has 0 aliphatic heterocycles. The van der Waals surface area contributed by atoms with E-state index in [1.165, 1.54) is 14.2 Å². The molecule has 116 valence electrons. The van der Waals surface area contributed by atoms with E-state index in [2.05, 4.69) is 0 Å². The lowest BCUT2D eigenvalue weighted by Crippen LogP contribution is -2.08. The molecule has 0 unspecified atom stereocenters. The van der Waals surface area contributed by atoms with Crippen molar-refractivity contribution in [2.24, 2.45) is 0 Å². The highest BCUT2D eigenvalue weighted by atomic mass is 16.5. The maximum atomic E-state index is 12.3. The Morgan fingerprint density at radius 3 is 2.23 bits per heavy atom. The third-order valence-electron chi connectivity index (χ3n) is 3.17. The number of methoxy groups -OCH3 is 3. The maximum absolute atomic E-state index is 12.3. The second-order valence-corrected chi connectivity index (χ2v) is 4.43. The van der Waals surface area contributed by atoms with E-state index in [4.69, 9.17) is 18.9 Å². The van der Waals surface area contributed by atoms with Crippen LogP contribution in [-0.4, -0.2) is 27.3 Å². The standard InChI is InChI=1S/C17H18O5/c1-19-14-9-5-4-7-12(14)11-22-17(18)13-8-6-10-15(20-2)16(13)21-3/h4-10H,11H2,1-3H3. The van der Waals surface area contributed by atoms with Crippen LogP contribution in [0.15, 0.2) is 42.5 Å². The molecule has 0 spiro atoms. The molecule has 0 radical (unpaired) electrons. The minimum atomic E-state index is -0.485. The Morgan fingerprint density at radius 1 is 0.864 bits per heavy atom. The van der Waals surface area contributed by atoms with Gasteiger partial charge in [0.25, 0.3) is 0 Å². The van der Waals surface area contributed by atoms with Crippen molar-refractivity contribution in [3.05, 3.63) is 53.6 Å². The summed E-state index contributed by atoms with van der Waals surface area (Å²) in [7, 11) is 4.57. The Hall–Kier alpha value is -2.69. The number of esters is 1. The molecule has 5 heteroatoms. The van der Waals surface area contributed by atoms with E-state index in [-0.39, 0.29) is 6.61 Å². The van der Waals surface area contributed by atoms with E-state index in [9.17, 15) is 4.79 Å². The van der Waals surface area contributed by atoms with Crippen molar-refractivity contribution in [2.75, 3.05) is 21.3 Å². The summed E-state index contributed by atoms with van der Waals surface area (Å²) in [5.74, 6) is 1.03. The molecule has 0 atom stereocenters. The minimum absolute atomic E-state index is 0.114. The van der Waals surface area contributed by atoms with Crippen LogP contribution in [0.3, 0.4) is 0 Å². The third-order valence-corrected chi connectivity index (χ3v) is 3.17. The van der Waals surface area contributed by atoms with Gasteiger partial charge in [-0.3, -0.25) is 0 Å². The van der Waals surface area contributed by atoms with Gasteiger partial charge < -0.3 is 18.9 Å². The van der Waals surface area contributed by atoms with E-state index >= 15 is 0 Å². The fourth-order valence-electron chi connectivity index (χ4n) is 2.09. The van der Waals surface area contributed by atoms with Gasteiger partial charge in [-0.2, -0.15) is 0 Å². The van der Waals surface area contributed by atoms with Crippen LogP contribution < -0.4 is 14.2 Å². The lowest BCUT2D eigenvalue weighted by Gasteiger charge is -2.13. The van der Waals surface area contributed by atoms with Gasteiger partial charge in [0.05, 0.1) is 21.3 Å². The summed E-state index contributed by atoms with van der Waals surface area (Å²) in [6.45, 7) is 0.114. The first-order valence-corrected chi connectivity index (χ1v) is 6.71. The van der Waals surface area contributed by atoms with Gasteiger partial charge in [-0.05, 0) is 18.2 Å². The van der Waals surface area contributed by atoms with E-state index in [0.717, 1.165) is 5.56 Å². The predicted molar refractivity (Wildman–Crippen MR) is 81.7 cm³/mol. The van der Waals surface area contributed by atoms with Crippen LogP contribution in [0.25, 0.3) is 0 Å². The van der Waals surface area contributed by atoms with E-state index < -0.39 is 5.97 Å². The van der Waals surface area contributed by atoms with Gasteiger partial charge in [-0.25, -0.2) is 4.79 Å². The number of benzene rings is 2. The average Bonchev–Trinajstić information content (AvgIpc) is 2.58. The summed E-state index contributed by atoms with van der Waals surface area (Å²) >= 11 is 0. The minimum Gasteiger partial charge on any atom is -0.496 e. The number of hydrogen-bond donors (Lipinski definition) is 0. The lowest BCUT2D eigenvalue weighted by atomic mass is 10.2. The third kappa shape index (κ3) is 3.31. The molecule has 0 fully saturated rings. The van der Waals surface area contributed by atoms with Crippen LogP contribution in [0.1, 0.15) is 15.9 Å². The van der Waals surface area contributed by atoms with Crippen molar-refractivity contribution in [2.45, 2.75) is 6.61 Å². The molecule has 0 aliphatic rings. The summed E-state index contributed by atoms with van der Waals surface area (Å²) in [6, 6.07) is 12.4. The molecule has 0 heterocycles. The highest BCUT2D eigenvalue weighted by Gasteiger charge is 2.18. The summed E-state index contributed by atoms with van der Waals surface area (Å²) in [6.07, 6.45) is 0. The first-order chi connectivity index (χ1) is 10.7. The van der Waals surface area contributed by atoms with Crippen LogP contribution in [0.4, 0.5) is 0 Å². The zero-order valence-electron chi connectivity index (χ0n) is 12.8. The predicted octanol–water partition coefficient (Wildman–Crippen LogP) is 3.07. The van der Waals surface area contributed by atoms with Crippen LogP contribution in [0.2, 0.25) is 0 Å². The molecule has 0 N–H and O–H groups in total. The summed E-state index contributed by atoms with van der Waals surface area (Å²) in [5.41, 5.74) is 1.11. The van der Waals surface area contributed by atoms with Gasteiger partial charge in [0, 0.05) is 5.56 Å². The second kappa shape index (κ2) is 7.36. The van der Waals surface area contributed by atoms with Gasteiger partial charge in [-0.15, -0.1) is 0 Å². The molecule has 2 rings (SSSR count). The molecule has 0 saturated carbocycles. The molecule has 0 amide bonds. The van der Waals surface area contributed by atoms with Crippen LogP contribution in [0.5, 0.6) is 17.2 Å². The largest absolute Gasteiger partial charge is 0.496 e. The second-order valence-electron chi connectivity index (χ2n) is 4.43. The molecule has 0 bridgehead atoms. The molecule has 5 nitrogen and oxygen atoms in total. The van der Waals surface area contributed by atoms with E-state index in [1.54, 1.807) is 25.3 Å². The van der Waals surface area contributed by atoms with E-state index in [0.29, 0.717) is 22.8 Å². The Balaban J connectivity index is 2.16. The van der Waals surface area contributed by atoms with Gasteiger partial charge in [0.15, 0.2) is 11.5 Å². The highest BCUT2D eigenvalue weighted by Crippen LogP contribution is 2.31. The lowest BCUT2D eigenvalue weighted by molar-refractivity contribution is 0.0466. The zero-order valence-corrected chi connectivity index (χ0v) is 12.8. The first-order valence-electron chi connectivity index (χ1n) is 6.71. The van der Waals surface area contributed by atoms with E-state index in [1.807, 2.05) is 24.3 Å². The Kier molecular flexibility index (Phi) is 5.25. The summed E-state index contributed by atoms with van der Waals surface area (Å²) in [5, 5.41) is 0. The normalized spacial score (nSPS) is 9.95. The summed E-state index contributed by atoms with van der Waals surface area (Å²) in [4.78, 5) is 12.3. The molecular weight excluding hydrogens is 284 g/mol. The number of ether oxygens (including phenoxy) is 4. The van der Waals surface area contributed by atoms with Crippen molar-refractivity contribution < 1.29 is 23.7 Å². The smallest absolute Gasteiger partial charge is 0.342 e. The Bertz CT molecular complexity index is 651. The molecule has 0 saturated heterocycles. The Labute approximate surface area is 129 Å². The molecule has 2 aromatic carbocycles. The fraction of sp³-hybridized carbons (Fsp3) is 0.235. The molecule has 2 aromatic rings. The van der Waals surface area contributed by atoms with Crippen LogP contribution in [0, 0.1) is 0 Å². The van der Waals surface area contributed by atoms with Gasteiger partial charge in [0.1, 0.15) is 17.9 Å². The summed E-state index contributed by atoms with van der Waals surface area (Å²) < 4.78 is 21.0. The Morgan fingerprint density at radius 2 is 1.55 bits per heavy atom. The quantitative estimate of drug-likeness (QED) is 0.768. The van der Waals surface area contributed by atoms with Crippen molar-refractivity contribution >= 4 is 5.97 Å². The van der Waals surface area contributed by atoms with Crippen molar-refractivity contribution in [1.29, 1.82) is 0 Å². The number of carbonyl (C=O) groups excluding carboxylic acids is 1. The maximum Gasteiger partial charge on any atom is 0.342 e. The van der Waals surface area contributed by atoms with Crippen LogP contribution >= 0.6 is 0 Å². The highest BCUT2D eigenvalue weighted by molar-refractivity contribution is 5.93. The zero-order chi connectivity index (χ0) is 15.9. The monoisotopic (exact) mass is 302 g/mol. The van der Waals surface area contributed by atoms with Crippen molar-refractivity contribution in [3.63, 3.8) is 0 Å². The van der Waals surface area contributed by atoms with Crippen molar-refractivity contribution in [1.82, 2.24) is 0 Å². The van der Waals surface area contributed by atoms with Gasteiger partial charge >= 0.3 is 5.97 Å². The number of carbonyl (C=O) groups is 1. The number of rotatable bonds is 6. The average molecular weight is 302 g/mol. The van der Waals surface area contributed by atoms with Crippen molar-refractivity contribution in [3.8, 4) is 17.2 Å². The molecular formula is C17H18O5. The topological polar surface area (TPSA) is 54.0 Å². The molecule has 0 aromatic heterocycles.